The van der Waals surface area contributed by atoms with Gasteiger partial charge in [-0.05, 0) is 24.9 Å². The average molecular weight is 462 g/mol. The molecule has 0 radical (unpaired) electrons. The maximum Gasteiger partial charge on any atom is 0.523 e. The van der Waals surface area contributed by atoms with Crippen LogP contribution in [0.25, 0.3) is 20.9 Å². The van der Waals surface area contributed by atoms with E-state index in [-0.39, 0.29) is 19.8 Å². The monoisotopic (exact) mass is 462 g/mol. The van der Waals surface area contributed by atoms with Crippen molar-refractivity contribution in [2.24, 2.45) is 10.2 Å². The summed E-state index contributed by atoms with van der Waals surface area (Å²) in [7, 11) is -4.66. The quantitative estimate of drug-likeness (QED) is 0.113. The molecular formula is C13H21F3N6O7S. The number of rotatable bonds is 11. The molecule has 172 valence electrons. The first-order chi connectivity index (χ1) is 13.9. The third kappa shape index (κ3) is 7.77. The first kappa shape index (κ1) is 26.2. The van der Waals surface area contributed by atoms with Crippen LogP contribution in [0.5, 0.6) is 0 Å². The van der Waals surface area contributed by atoms with Gasteiger partial charge in [0, 0.05) is 23.4 Å². The van der Waals surface area contributed by atoms with Gasteiger partial charge in [-0.3, -0.25) is 4.18 Å². The second kappa shape index (κ2) is 11.0. The van der Waals surface area contributed by atoms with Gasteiger partial charge in [0.05, 0.1) is 37.5 Å². The third-order valence-electron chi connectivity index (χ3n) is 3.84. The molecule has 0 aromatic rings. The lowest BCUT2D eigenvalue weighted by molar-refractivity contribution is -0.284. The van der Waals surface area contributed by atoms with Crippen molar-refractivity contribution in [3.63, 3.8) is 0 Å². The first-order valence-electron chi connectivity index (χ1n) is 8.33. The van der Waals surface area contributed by atoms with Crippen molar-refractivity contribution in [3.8, 4) is 0 Å². The van der Waals surface area contributed by atoms with Gasteiger partial charge in [0.1, 0.15) is 6.79 Å². The summed E-state index contributed by atoms with van der Waals surface area (Å²) in [6.45, 7) is 1.62. The smallest absolute Gasteiger partial charge is 0.359 e. The van der Waals surface area contributed by atoms with Gasteiger partial charge < -0.3 is 18.9 Å². The molecule has 0 bridgehead atoms. The Balaban J connectivity index is 3.09. The van der Waals surface area contributed by atoms with E-state index in [2.05, 4.69) is 24.2 Å². The SMILES string of the molecule is COCO[C@@H](C[C@@H]1OC(C)(C)OC[C@H]1N=[N+]=[N-])[C@@H](COS(=O)(=O)C(F)(F)F)N=[N+]=[N-]. The summed E-state index contributed by atoms with van der Waals surface area (Å²) in [4.78, 5) is 5.20. The molecule has 13 nitrogen and oxygen atoms in total. The number of methoxy groups -OCH3 is 1. The molecule has 1 rings (SSSR count). The van der Waals surface area contributed by atoms with E-state index in [0.717, 1.165) is 0 Å². The largest absolute Gasteiger partial charge is 0.523 e. The molecule has 0 aliphatic carbocycles. The fraction of sp³-hybridized carbons (Fsp3) is 1.00. The molecule has 1 fully saturated rings. The van der Waals surface area contributed by atoms with Gasteiger partial charge in [-0.25, -0.2) is 0 Å². The molecule has 4 atom stereocenters. The van der Waals surface area contributed by atoms with E-state index in [9.17, 15) is 21.6 Å². The van der Waals surface area contributed by atoms with E-state index in [0.29, 0.717) is 0 Å². The molecule has 17 heteroatoms. The molecule has 0 unspecified atom stereocenters. The summed E-state index contributed by atoms with van der Waals surface area (Å²) in [6.07, 6.45) is -2.24. The molecule has 1 heterocycles. The van der Waals surface area contributed by atoms with Crippen LogP contribution in [0, 0.1) is 0 Å². The van der Waals surface area contributed by atoms with E-state index in [1.165, 1.54) is 7.11 Å². The lowest BCUT2D eigenvalue weighted by atomic mass is 9.99. The Bertz CT molecular complexity index is 768. The van der Waals surface area contributed by atoms with Crippen LogP contribution in [0.3, 0.4) is 0 Å². The van der Waals surface area contributed by atoms with Crippen LogP contribution in [-0.2, 0) is 33.2 Å². The minimum Gasteiger partial charge on any atom is -0.359 e. The van der Waals surface area contributed by atoms with Gasteiger partial charge >= 0.3 is 15.6 Å². The standard InChI is InChI=1S/C13H21F3N6O7S/c1-12(2)27-5-8(19-21-17)11(29-12)4-10(26-7-25-3)9(20-22-18)6-28-30(23,24)13(14,15)16/h8-11H,4-7H2,1-3H3/t8-,9-,10+,11+/m1/s1. The van der Waals surface area contributed by atoms with Crippen molar-refractivity contribution in [3.05, 3.63) is 20.9 Å². The van der Waals surface area contributed by atoms with Crippen LogP contribution in [0.2, 0.25) is 0 Å². The zero-order valence-corrected chi connectivity index (χ0v) is 17.0. The predicted molar refractivity (Wildman–Crippen MR) is 93.1 cm³/mol. The van der Waals surface area contributed by atoms with Gasteiger partial charge in [-0.1, -0.05) is 10.2 Å². The fourth-order valence-electron chi connectivity index (χ4n) is 2.48. The average Bonchev–Trinajstić information content (AvgIpc) is 2.63. The first-order valence-corrected chi connectivity index (χ1v) is 9.74. The van der Waals surface area contributed by atoms with Crippen LogP contribution < -0.4 is 0 Å². The van der Waals surface area contributed by atoms with Crippen molar-refractivity contribution in [1.29, 1.82) is 0 Å². The predicted octanol–water partition coefficient (Wildman–Crippen LogP) is 2.74. The lowest BCUT2D eigenvalue weighted by Crippen LogP contribution is -2.50. The highest BCUT2D eigenvalue weighted by atomic mass is 32.2. The molecule has 1 saturated heterocycles. The van der Waals surface area contributed by atoms with Crippen LogP contribution in [0.4, 0.5) is 13.2 Å². The molecule has 0 aromatic carbocycles. The van der Waals surface area contributed by atoms with Crippen LogP contribution in [-0.4, -0.2) is 71.1 Å². The van der Waals surface area contributed by atoms with Crippen molar-refractivity contribution in [1.82, 2.24) is 0 Å². The molecule has 1 aliphatic rings. The summed E-state index contributed by atoms with van der Waals surface area (Å²) in [5, 5.41) is 6.84. The number of halogens is 3. The number of nitrogens with zero attached hydrogens (tertiary/aromatic N) is 6. The Morgan fingerprint density at radius 3 is 2.50 bits per heavy atom. The highest BCUT2D eigenvalue weighted by Crippen LogP contribution is 2.30. The maximum absolute atomic E-state index is 12.5. The number of ether oxygens (including phenoxy) is 4. The highest BCUT2D eigenvalue weighted by molar-refractivity contribution is 7.87. The summed E-state index contributed by atoms with van der Waals surface area (Å²) in [5.41, 5.74) is 11.8. The molecule has 0 saturated carbocycles. The number of azide groups is 2. The van der Waals surface area contributed by atoms with Gasteiger partial charge in [0.2, 0.25) is 0 Å². The van der Waals surface area contributed by atoms with Crippen LogP contribution >= 0.6 is 0 Å². The van der Waals surface area contributed by atoms with Crippen molar-refractivity contribution < 1.29 is 44.7 Å². The van der Waals surface area contributed by atoms with E-state index in [1.807, 2.05) is 0 Å². The second-order valence-corrected chi connectivity index (χ2v) is 8.05. The Morgan fingerprint density at radius 2 is 1.97 bits per heavy atom. The van der Waals surface area contributed by atoms with E-state index in [1.54, 1.807) is 13.8 Å². The van der Waals surface area contributed by atoms with Crippen LogP contribution in [0.1, 0.15) is 20.3 Å². The minimum atomic E-state index is -5.92. The fourth-order valence-corrected chi connectivity index (χ4v) is 2.93. The van der Waals surface area contributed by atoms with Crippen molar-refractivity contribution >= 4 is 10.1 Å². The van der Waals surface area contributed by atoms with Gasteiger partial charge in [0.15, 0.2) is 5.79 Å². The van der Waals surface area contributed by atoms with Crippen molar-refractivity contribution in [2.45, 2.75) is 55.9 Å². The Morgan fingerprint density at radius 1 is 1.30 bits per heavy atom. The Labute approximate surface area is 169 Å². The van der Waals surface area contributed by atoms with Gasteiger partial charge in [-0.2, -0.15) is 21.6 Å². The molecule has 30 heavy (non-hydrogen) atoms. The molecular weight excluding hydrogens is 441 g/mol. The van der Waals surface area contributed by atoms with Gasteiger partial charge in [-0.15, -0.1) is 0 Å². The van der Waals surface area contributed by atoms with Crippen molar-refractivity contribution in [2.75, 3.05) is 27.1 Å². The number of hydrogen-bond donors (Lipinski definition) is 0. The Hall–Kier alpha value is -1.84. The Kier molecular flexibility index (Phi) is 9.58. The summed E-state index contributed by atoms with van der Waals surface area (Å²) >= 11 is 0. The zero-order valence-electron chi connectivity index (χ0n) is 16.2. The molecule has 0 aromatic heterocycles. The molecule has 1 aliphatic heterocycles. The maximum atomic E-state index is 12.5. The van der Waals surface area contributed by atoms with E-state index >= 15 is 0 Å². The topological polar surface area (TPSA) is 178 Å². The van der Waals surface area contributed by atoms with Crippen LogP contribution in [0.15, 0.2) is 10.2 Å². The summed E-state index contributed by atoms with van der Waals surface area (Å²) in [5.74, 6) is -1.08. The summed E-state index contributed by atoms with van der Waals surface area (Å²) in [6, 6.07) is -2.34. The molecule has 0 spiro atoms. The normalized spacial score (nSPS) is 23.7. The van der Waals surface area contributed by atoms with E-state index in [4.69, 9.17) is 30.0 Å². The number of hydrogen-bond acceptors (Lipinski definition) is 9. The third-order valence-corrected chi connectivity index (χ3v) is 4.85. The van der Waals surface area contributed by atoms with Gasteiger partial charge in [0.25, 0.3) is 0 Å². The van der Waals surface area contributed by atoms with E-state index < -0.39 is 52.3 Å². The highest BCUT2D eigenvalue weighted by Gasteiger charge is 2.48. The second-order valence-electron chi connectivity index (χ2n) is 6.44. The molecule has 0 N–H and O–H groups in total. The lowest BCUT2D eigenvalue weighted by Gasteiger charge is -2.41. The summed E-state index contributed by atoms with van der Waals surface area (Å²) < 4.78 is 85.1. The molecule has 0 amide bonds. The zero-order chi connectivity index (χ0) is 23.0. The minimum absolute atomic E-state index is 0.0239. The number of alkyl halides is 3.